The number of nitrogens with zero attached hydrogens (tertiary/aromatic N) is 6. The van der Waals surface area contributed by atoms with E-state index in [1.54, 1.807) is 25.7 Å². The molecule has 0 spiro atoms. The van der Waals surface area contributed by atoms with Crippen LogP contribution in [-0.4, -0.2) is 43.0 Å². The summed E-state index contributed by atoms with van der Waals surface area (Å²) >= 11 is 0. The summed E-state index contributed by atoms with van der Waals surface area (Å²) in [5.41, 5.74) is 0.988. The van der Waals surface area contributed by atoms with Crippen molar-refractivity contribution in [1.82, 2.24) is 29.3 Å². The quantitative estimate of drug-likeness (QED) is 0.503. The minimum absolute atomic E-state index is 0.335. The summed E-state index contributed by atoms with van der Waals surface area (Å²) in [6.07, 6.45) is 6.00. The van der Waals surface area contributed by atoms with Crippen LogP contribution in [0.25, 0.3) is 22.4 Å². The van der Waals surface area contributed by atoms with E-state index in [2.05, 4.69) is 20.2 Å². The average Bonchev–Trinajstić information content (AvgIpc) is 3.34. The maximum absolute atomic E-state index is 14.1. The van der Waals surface area contributed by atoms with E-state index in [1.807, 2.05) is 33.5 Å². The summed E-state index contributed by atoms with van der Waals surface area (Å²) in [5, 5.41) is 8.93. The summed E-state index contributed by atoms with van der Waals surface area (Å²) in [5.74, 6) is 1.24. The van der Waals surface area contributed by atoms with Gasteiger partial charge in [0.1, 0.15) is 29.2 Å². The predicted molar refractivity (Wildman–Crippen MR) is 98.5 cm³/mol. The Morgan fingerprint density at radius 3 is 2.93 bits per heavy atom. The molecule has 138 valence electrons. The number of ether oxygens (including phenoxy) is 1. The van der Waals surface area contributed by atoms with Crippen molar-refractivity contribution in [2.75, 3.05) is 13.7 Å². The number of aryl methyl sites for hydroxylation is 2. The van der Waals surface area contributed by atoms with Crippen LogP contribution < -0.4 is 0 Å². The summed E-state index contributed by atoms with van der Waals surface area (Å²) in [7, 11) is 1.67. The third-order valence-electron chi connectivity index (χ3n) is 4.42. The molecule has 0 bridgehead atoms. The van der Waals surface area contributed by atoms with Gasteiger partial charge < -0.3 is 13.9 Å². The lowest BCUT2D eigenvalue weighted by molar-refractivity contribution is 0.186. The van der Waals surface area contributed by atoms with E-state index < -0.39 is 0 Å². The molecule has 0 amide bonds. The molecule has 1 aromatic carbocycles. The Morgan fingerprint density at radius 2 is 2.04 bits per heavy atom. The molecule has 0 aliphatic rings. The molecule has 0 aliphatic heterocycles. The maximum Gasteiger partial charge on any atom is 0.158 e. The number of rotatable bonds is 7. The minimum atomic E-state index is -0.335. The largest absolute Gasteiger partial charge is 0.383 e. The average molecular weight is 366 g/mol. The zero-order valence-electron chi connectivity index (χ0n) is 14.9. The van der Waals surface area contributed by atoms with Gasteiger partial charge in [-0.3, -0.25) is 0 Å². The van der Waals surface area contributed by atoms with Gasteiger partial charge in [0, 0.05) is 44.4 Å². The van der Waals surface area contributed by atoms with Gasteiger partial charge >= 0.3 is 0 Å². The van der Waals surface area contributed by atoms with Gasteiger partial charge in [0.15, 0.2) is 5.82 Å². The SMILES string of the molecule is COCCn1cnnc1CCn1ccnc1-c1ccc2cccc(F)c2n1. The van der Waals surface area contributed by atoms with Crippen LogP contribution in [0.15, 0.2) is 49.1 Å². The normalized spacial score (nSPS) is 11.3. The molecule has 0 fully saturated rings. The molecule has 7 nitrogen and oxygen atoms in total. The highest BCUT2D eigenvalue weighted by atomic mass is 19.1. The lowest BCUT2D eigenvalue weighted by Crippen LogP contribution is -2.11. The van der Waals surface area contributed by atoms with E-state index in [0.29, 0.717) is 43.2 Å². The van der Waals surface area contributed by atoms with E-state index in [4.69, 9.17) is 4.74 Å². The third-order valence-corrected chi connectivity index (χ3v) is 4.42. The Labute approximate surface area is 155 Å². The van der Waals surface area contributed by atoms with Crippen molar-refractivity contribution in [2.45, 2.75) is 19.5 Å². The van der Waals surface area contributed by atoms with Crippen LogP contribution in [0.5, 0.6) is 0 Å². The molecule has 0 aliphatic carbocycles. The van der Waals surface area contributed by atoms with E-state index in [1.165, 1.54) is 6.07 Å². The molecule has 0 saturated heterocycles. The highest BCUT2D eigenvalue weighted by molar-refractivity contribution is 5.81. The van der Waals surface area contributed by atoms with Crippen molar-refractivity contribution in [2.24, 2.45) is 0 Å². The van der Waals surface area contributed by atoms with Crippen LogP contribution in [0, 0.1) is 5.82 Å². The van der Waals surface area contributed by atoms with Crippen molar-refractivity contribution >= 4 is 10.9 Å². The summed E-state index contributed by atoms with van der Waals surface area (Å²) in [6, 6.07) is 8.66. The highest BCUT2D eigenvalue weighted by Gasteiger charge is 2.11. The maximum atomic E-state index is 14.1. The van der Waals surface area contributed by atoms with Crippen molar-refractivity contribution < 1.29 is 9.13 Å². The second kappa shape index (κ2) is 7.63. The van der Waals surface area contributed by atoms with Crippen molar-refractivity contribution in [3.05, 3.63) is 60.7 Å². The number of hydrogen-bond acceptors (Lipinski definition) is 5. The van der Waals surface area contributed by atoms with E-state index >= 15 is 0 Å². The number of methoxy groups -OCH3 is 1. The molecule has 0 N–H and O–H groups in total. The molecular weight excluding hydrogens is 347 g/mol. The fraction of sp³-hybridized carbons (Fsp3) is 0.263. The van der Waals surface area contributed by atoms with E-state index in [0.717, 1.165) is 11.2 Å². The Balaban J connectivity index is 1.57. The Hall–Kier alpha value is -3.13. The second-order valence-electron chi connectivity index (χ2n) is 6.14. The number of para-hydroxylation sites is 1. The van der Waals surface area contributed by atoms with Crippen molar-refractivity contribution in [3.8, 4) is 11.5 Å². The summed E-state index contributed by atoms with van der Waals surface area (Å²) < 4.78 is 23.1. The first-order valence-corrected chi connectivity index (χ1v) is 8.68. The minimum Gasteiger partial charge on any atom is -0.383 e. The molecule has 4 rings (SSSR count). The van der Waals surface area contributed by atoms with Crippen LogP contribution in [0.4, 0.5) is 4.39 Å². The monoisotopic (exact) mass is 366 g/mol. The Bertz CT molecular complexity index is 1060. The Morgan fingerprint density at radius 1 is 1.11 bits per heavy atom. The molecule has 27 heavy (non-hydrogen) atoms. The van der Waals surface area contributed by atoms with Crippen LogP contribution >= 0.6 is 0 Å². The molecule has 0 radical (unpaired) electrons. The van der Waals surface area contributed by atoms with E-state index in [-0.39, 0.29) is 5.82 Å². The fourth-order valence-corrected chi connectivity index (χ4v) is 3.03. The highest BCUT2D eigenvalue weighted by Crippen LogP contribution is 2.22. The molecule has 8 heteroatoms. The number of benzene rings is 1. The first kappa shape index (κ1) is 17.3. The standard InChI is InChI=1S/C19H19FN6O/c1-27-12-11-26-13-22-24-17(26)7-9-25-10-8-21-19(25)16-6-5-14-3-2-4-15(20)18(14)23-16/h2-6,8,10,13H,7,9,11-12H2,1H3. The van der Waals surface area contributed by atoms with Gasteiger partial charge in [-0.2, -0.15) is 0 Å². The number of hydrogen-bond donors (Lipinski definition) is 0. The van der Waals surface area contributed by atoms with Gasteiger partial charge in [-0.1, -0.05) is 18.2 Å². The number of halogens is 1. The molecule has 3 heterocycles. The molecule has 0 unspecified atom stereocenters. The zero-order chi connectivity index (χ0) is 18.6. The van der Waals surface area contributed by atoms with Crippen LogP contribution in [0.3, 0.4) is 0 Å². The number of imidazole rings is 1. The number of fused-ring (bicyclic) bond motifs is 1. The molecular formula is C19H19FN6O. The smallest absolute Gasteiger partial charge is 0.158 e. The van der Waals surface area contributed by atoms with Crippen LogP contribution in [0.2, 0.25) is 0 Å². The molecule has 3 aromatic heterocycles. The number of aromatic nitrogens is 6. The lowest BCUT2D eigenvalue weighted by atomic mass is 10.2. The fourth-order valence-electron chi connectivity index (χ4n) is 3.03. The first-order chi connectivity index (χ1) is 13.3. The van der Waals surface area contributed by atoms with Gasteiger partial charge in [-0.25, -0.2) is 14.4 Å². The van der Waals surface area contributed by atoms with Gasteiger partial charge in [-0.05, 0) is 12.1 Å². The molecule has 4 aromatic rings. The van der Waals surface area contributed by atoms with Gasteiger partial charge in [0.05, 0.1) is 6.61 Å². The predicted octanol–water partition coefficient (Wildman–Crippen LogP) is 2.72. The zero-order valence-corrected chi connectivity index (χ0v) is 14.9. The summed E-state index contributed by atoms with van der Waals surface area (Å²) in [6.45, 7) is 1.98. The Kier molecular flexibility index (Phi) is 4.88. The molecule has 0 atom stereocenters. The molecule has 0 saturated carbocycles. The topological polar surface area (TPSA) is 70.7 Å². The van der Waals surface area contributed by atoms with E-state index in [9.17, 15) is 4.39 Å². The second-order valence-corrected chi connectivity index (χ2v) is 6.14. The third kappa shape index (κ3) is 3.56. The van der Waals surface area contributed by atoms with Gasteiger partial charge in [-0.15, -0.1) is 10.2 Å². The first-order valence-electron chi connectivity index (χ1n) is 8.68. The lowest BCUT2D eigenvalue weighted by Gasteiger charge is -2.09. The van der Waals surface area contributed by atoms with Crippen LogP contribution in [0.1, 0.15) is 5.82 Å². The summed E-state index contributed by atoms with van der Waals surface area (Å²) in [4.78, 5) is 8.88. The number of pyridine rings is 1. The van der Waals surface area contributed by atoms with Crippen molar-refractivity contribution in [1.29, 1.82) is 0 Å². The van der Waals surface area contributed by atoms with Crippen LogP contribution in [-0.2, 0) is 24.2 Å². The van der Waals surface area contributed by atoms with Gasteiger partial charge in [0.2, 0.25) is 0 Å². The van der Waals surface area contributed by atoms with Crippen molar-refractivity contribution in [3.63, 3.8) is 0 Å². The van der Waals surface area contributed by atoms with Gasteiger partial charge in [0.25, 0.3) is 0 Å².